The summed E-state index contributed by atoms with van der Waals surface area (Å²) in [5.41, 5.74) is 5.84. The highest BCUT2D eigenvalue weighted by Crippen LogP contribution is 2.34. The van der Waals surface area contributed by atoms with Crippen molar-refractivity contribution in [3.63, 3.8) is 0 Å². The van der Waals surface area contributed by atoms with Gasteiger partial charge in [-0.2, -0.15) is 0 Å². The molecule has 0 saturated carbocycles. The average Bonchev–Trinajstić information content (AvgIpc) is 3.39. The van der Waals surface area contributed by atoms with E-state index in [0.717, 1.165) is 33.4 Å². The fraction of sp³-hybridized carbons (Fsp3) is 0.333. The van der Waals surface area contributed by atoms with Crippen molar-refractivity contribution in [2.24, 2.45) is 0 Å². The van der Waals surface area contributed by atoms with Crippen LogP contribution in [-0.4, -0.2) is 86.3 Å². The van der Waals surface area contributed by atoms with Crippen molar-refractivity contribution in [2.45, 2.75) is 101 Å². The largest absolute Gasteiger partial charge is 0.374 e. The minimum absolute atomic E-state index is 0.0930. The van der Waals surface area contributed by atoms with Gasteiger partial charge in [0.2, 0.25) is 0 Å². The molecule has 2 aliphatic rings. The van der Waals surface area contributed by atoms with Crippen LogP contribution in [0.3, 0.4) is 0 Å². The van der Waals surface area contributed by atoms with E-state index >= 15 is 0 Å². The molecule has 11 heteroatoms. The third-order valence-electron chi connectivity index (χ3n) is 11.9. The summed E-state index contributed by atoms with van der Waals surface area (Å²) in [6.45, 7) is 5.75. The predicted octanol–water partition coefficient (Wildman–Crippen LogP) is 9.16. The molecule has 8 rings (SSSR count). The van der Waals surface area contributed by atoms with Crippen molar-refractivity contribution in [1.29, 1.82) is 0 Å². The van der Waals surface area contributed by atoms with Crippen LogP contribution in [-0.2, 0) is 87.0 Å². The molecule has 0 bridgehead atoms. The molecule has 2 fully saturated rings. The van der Waals surface area contributed by atoms with E-state index in [9.17, 15) is 5.11 Å². The van der Waals surface area contributed by atoms with Gasteiger partial charge >= 0.3 is 0 Å². The third kappa shape index (κ3) is 14.3. The standard InChI is InChI=1S/C57H62O11/c1-2-33-60-52-51(62-36-44-25-13-5-14-26-44)49(67-56(58)54(52)64-38-46-29-17-7-18-30-46)41-66-57-55(65-39-47-31-19-8-20-32-47)53(63-37-45-27-15-6-16-28-45)50(61-35-43-23-11-4-12-24-43)48(68-57)40-59-34-42-21-9-3-10-22-42/h2-32,48-58H,1,33-41H2/t48-,49-,50-,51-,52+,53+,54+,55+,56-,57+/m1/s1. The average molecular weight is 923 g/mol. The Morgan fingerprint density at radius 2 is 0.706 bits per heavy atom. The molecule has 2 heterocycles. The first kappa shape index (κ1) is 49.1. The summed E-state index contributed by atoms with van der Waals surface area (Å²) in [7, 11) is 0. The molecule has 0 aliphatic carbocycles. The summed E-state index contributed by atoms with van der Waals surface area (Å²) in [6, 6.07) is 59.5. The number of hydrogen-bond donors (Lipinski definition) is 1. The van der Waals surface area contributed by atoms with Gasteiger partial charge in [-0.1, -0.05) is 188 Å². The van der Waals surface area contributed by atoms with Gasteiger partial charge < -0.3 is 52.5 Å². The van der Waals surface area contributed by atoms with Gasteiger partial charge in [-0.15, -0.1) is 6.58 Å². The highest BCUT2D eigenvalue weighted by Gasteiger charge is 2.52. The molecule has 11 nitrogen and oxygen atoms in total. The highest BCUT2D eigenvalue weighted by molar-refractivity contribution is 5.18. The molecule has 2 saturated heterocycles. The maximum absolute atomic E-state index is 11.8. The van der Waals surface area contributed by atoms with Crippen LogP contribution in [0.15, 0.2) is 195 Å². The molecule has 68 heavy (non-hydrogen) atoms. The fourth-order valence-corrected chi connectivity index (χ4v) is 8.38. The van der Waals surface area contributed by atoms with Gasteiger partial charge in [0.15, 0.2) is 12.6 Å². The number of benzene rings is 6. The lowest BCUT2D eigenvalue weighted by atomic mass is 9.97. The van der Waals surface area contributed by atoms with E-state index in [0.29, 0.717) is 13.2 Å². The van der Waals surface area contributed by atoms with E-state index in [1.54, 1.807) is 6.08 Å². The molecular weight excluding hydrogens is 861 g/mol. The molecule has 10 atom stereocenters. The molecule has 6 aromatic carbocycles. The fourth-order valence-electron chi connectivity index (χ4n) is 8.38. The van der Waals surface area contributed by atoms with Gasteiger partial charge in [0.05, 0.1) is 59.5 Å². The summed E-state index contributed by atoms with van der Waals surface area (Å²) in [6.07, 6.45) is -6.97. The van der Waals surface area contributed by atoms with Crippen molar-refractivity contribution < 1.29 is 52.5 Å². The first-order chi connectivity index (χ1) is 33.6. The van der Waals surface area contributed by atoms with E-state index < -0.39 is 61.4 Å². The minimum atomic E-state index is -1.40. The van der Waals surface area contributed by atoms with Crippen LogP contribution in [0.4, 0.5) is 0 Å². The van der Waals surface area contributed by atoms with Crippen LogP contribution in [0.25, 0.3) is 0 Å². The number of aliphatic hydroxyl groups excluding tert-OH is 1. The van der Waals surface area contributed by atoms with E-state index in [2.05, 4.69) is 6.58 Å². The molecule has 6 aromatic rings. The van der Waals surface area contributed by atoms with E-state index in [1.165, 1.54) is 0 Å². The van der Waals surface area contributed by atoms with Gasteiger partial charge in [-0.3, -0.25) is 0 Å². The Morgan fingerprint density at radius 1 is 0.368 bits per heavy atom. The van der Waals surface area contributed by atoms with Crippen LogP contribution in [0.2, 0.25) is 0 Å². The molecular formula is C57H62O11. The maximum Gasteiger partial charge on any atom is 0.187 e. The van der Waals surface area contributed by atoms with E-state index in [1.807, 2.05) is 182 Å². The van der Waals surface area contributed by atoms with Crippen molar-refractivity contribution in [3.05, 3.63) is 228 Å². The molecule has 0 radical (unpaired) electrons. The zero-order valence-corrected chi connectivity index (χ0v) is 38.3. The Morgan fingerprint density at radius 3 is 1.12 bits per heavy atom. The topological polar surface area (TPSA) is 113 Å². The second kappa shape index (κ2) is 26.4. The summed E-state index contributed by atoms with van der Waals surface area (Å²) in [5.74, 6) is 0. The first-order valence-electron chi connectivity index (χ1n) is 23.3. The van der Waals surface area contributed by atoms with E-state index in [-0.39, 0.29) is 46.2 Å². The van der Waals surface area contributed by atoms with Gasteiger partial charge in [0.25, 0.3) is 0 Å². The lowest BCUT2D eigenvalue weighted by molar-refractivity contribution is -0.348. The maximum atomic E-state index is 11.8. The van der Waals surface area contributed by atoms with Gasteiger partial charge in [0.1, 0.15) is 48.8 Å². The Labute approximate surface area is 400 Å². The second-order valence-electron chi connectivity index (χ2n) is 16.8. The number of ether oxygens (including phenoxy) is 10. The Hall–Kier alpha value is -5.38. The Kier molecular flexibility index (Phi) is 19.0. The molecule has 0 amide bonds. The van der Waals surface area contributed by atoms with Crippen molar-refractivity contribution in [2.75, 3.05) is 19.8 Å². The van der Waals surface area contributed by atoms with Gasteiger partial charge in [-0.25, -0.2) is 0 Å². The smallest absolute Gasteiger partial charge is 0.187 e. The monoisotopic (exact) mass is 922 g/mol. The normalized spacial score (nSPS) is 24.9. The molecule has 2 aliphatic heterocycles. The number of aliphatic hydroxyl groups is 1. The quantitative estimate of drug-likeness (QED) is 0.0555. The summed E-state index contributed by atoms with van der Waals surface area (Å²) in [5, 5.41) is 11.8. The zero-order chi connectivity index (χ0) is 46.6. The SMILES string of the molecule is C=CCO[C@@H]1[C@H](OCc2ccccc2)[C@H](O)O[C@H](CO[C@H]2O[C@H](COCc3ccccc3)[C@@H](OCc3ccccc3)[C@H](OCc3ccccc3)[C@@H]2OCc2ccccc2)[C@H]1OCc1ccccc1. The summed E-state index contributed by atoms with van der Waals surface area (Å²) < 4.78 is 66.9. The van der Waals surface area contributed by atoms with Crippen molar-refractivity contribution in [1.82, 2.24) is 0 Å². The molecule has 0 aromatic heterocycles. The van der Waals surface area contributed by atoms with Crippen LogP contribution in [0, 0.1) is 0 Å². The second-order valence-corrected chi connectivity index (χ2v) is 16.8. The van der Waals surface area contributed by atoms with Crippen LogP contribution < -0.4 is 0 Å². The lowest BCUT2D eigenvalue weighted by Crippen LogP contribution is -2.63. The number of rotatable bonds is 25. The van der Waals surface area contributed by atoms with Gasteiger partial charge in [0, 0.05) is 0 Å². The van der Waals surface area contributed by atoms with Crippen molar-refractivity contribution >= 4 is 0 Å². The third-order valence-corrected chi connectivity index (χ3v) is 11.9. The molecule has 1 N–H and O–H groups in total. The first-order valence-corrected chi connectivity index (χ1v) is 23.3. The van der Waals surface area contributed by atoms with Gasteiger partial charge in [-0.05, 0) is 33.4 Å². The highest BCUT2D eigenvalue weighted by atomic mass is 16.7. The van der Waals surface area contributed by atoms with Crippen molar-refractivity contribution in [3.8, 4) is 0 Å². The Bertz CT molecular complexity index is 2290. The van der Waals surface area contributed by atoms with Crippen LogP contribution >= 0.6 is 0 Å². The van der Waals surface area contributed by atoms with Crippen LogP contribution in [0.5, 0.6) is 0 Å². The number of hydrogen-bond acceptors (Lipinski definition) is 11. The predicted molar refractivity (Wildman–Crippen MR) is 257 cm³/mol. The lowest BCUT2D eigenvalue weighted by Gasteiger charge is -2.47. The molecule has 356 valence electrons. The summed E-state index contributed by atoms with van der Waals surface area (Å²) in [4.78, 5) is 0. The zero-order valence-electron chi connectivity index (χ0n) is 38.3. The molecule has 0 unspecified atom stereocenters. The minimum Gasteiger partial charge on any atom is -0.374 e. The Balaban J connectivity index is 1.10. The van der Waals surface area contributed by atoms with Crippen LogP contribution in [0.1, 0.15) is 33.4 Å². The molecule has 0 spiro atoms. The summed E-state index contributed by atoms with van der Waals surface area (Å²) >= 11 is 0. The van der Waals surface area contributed by atoms with E-state index in [4.69, 9.17) is 47.4 Å².